The molecule has 0 saturated carbocycles. The molecule has 5 nitrogen and oxygen atoms in total. The zero-order valence-corrected chi connectivity index (χ0v) is 10.6. The van der Waals surface area contributed by atoms with E-state index in [1.807, 2.05) is 0 Å². The maximum atomic E-state index is 11.2. The molecule has 1 aromatic heterocycles. The highest BCUT2D eigenvalue weighted by Crippen LogP contribution is 2.23. The van der Waals surface area contributed by atoms with Crippen LogP contribution < -0.4 is 4.74 Å². The van der Waals surface area contributed by atoms with Crippen molar-refractivity contribution < 1.29 is 19.0 Å². The number of carbonyl (C=O) groups is 1. The average Bonchev–Trinajstić information content (AvgIpc) is 2.30. The lowest BCUT2D eigenvalue weighted by molar-refractivity contribution is 0.0600. The largest absolute Gasteiger partial charge is 0.474 e. The van der Waals surface area contributed by atoms with Crippen molar-refractivity contribution in [2.45, 2.75) is 0 Å². The Bertz CT molecular complexity index is 370. The Labute approximate surface area is 102 Å². The van der Waals surface area contributed by atoms with Crippen LogP contribution in [0.15, 0.2) is 16.7 Å². The second-order valence-corrected chi connectivity index (χ2v) is 3.70. The van der Waals surface area contributed by atoms with Gasteiger partial charge in [0, 0.05) is 13.3 Å². The summed E-state index contributed by atoms with van der Waals surface area (Å²) in [4.78, 5) is 15.2. The number of rotatable bonds is 5. The van der Waals surface area contributed by atoms with Gasteiger partial charge in [0.15, 0.2) is 0 Å². The minimum absolute atomic E-state index is 0.369. The number of aromatic nitrogens is 1. The molecule has 0 spiro atoms. The van der Waals surface area contributed by atoms with E-state index in [1.54, 1.807) is 13.2 Å². The number of nitrogens with zero attached hydrogens (tertiary/aromatic N) is 1. The number of hydrogen-bond donors (Lipinski definition) is 0. The SMILES string of the molecule is COCCOc1ncc(C(=O)OC)cc1Br. The Morgan fingerprint density at radius 1 is 1.44 bits per heavy atom. The number of halogens is 1. The first kappa shape index (κ1) is 12.9. The van der Waals surface area contributed by atoms with Gasteiger partial charge in [-0.1, -0.05) is 0 Å². The van der Waals surface area contributed by atoms with Crippen LogP contribution in [0.2, 0.25) is 0 Å². The van der Waals surface area contributed by atoms with E-state index in [4.69, 9.17) is 9.47 Å². The van der Waals surface area contributed by atoms with Crippen LogP contribution in [-0.4, -0.2) is 38.4 Å². The summed E-state index contributed by atoms with van der Waals surface area (Å²) >= 11 is 3.26. The molecule has 0 radical (unpaired) electrons. The van der Waals surface area contributed by atoms with E-state index >= 15 is 0 Å². The van der Waals surface area contributed by atoms with Crippen LogP contribution in [0, 0.1) is 0 Å². The molecule has 0 bridgehead atoms. The first-order valence-corrected chi connectivity index (χ1v) is 5.34. The highest BCUT2D eigenvalue weighted by molar-refractivity contribution is 9.10. The number of ether oxygens (including phenoxy) is 3. The fraction of sp³-hybridized carbons (Fsp3) is 0.400. The van der Waals surface area contributed by atoms with Crippen molar-refractivity contribution >= 4 is 21.9 Å². The predicted octanol–water partition coefficient (Wildman–Crippen LogP) is 1.66. The van der Waals surface area contributed by atoms with Gasteiger partial charge < -0.3 is 14.2 Å². The molecule has 88 valence electrons. The summed E-state index contributed by atoms with van der Waals surface area (Å²) in [6.45, 7) is 0.881. The van der Waals surface area contributed by atoms with Gasteiger partial charge in [-0.05, 0) is 22.0 Å². The van der Waals surface area contributed by atoms with Crippen molar-refractivity contribution in [2.75, 3.05) is 27.4 Å². The second-order valence-electron chi connectivity index (χ2n) is 2.84. The molecule has 0 unspecified atom stereocenters. The standard InChI is InChI=1S/C10H12BrNO4/c1-14-3-4-16-9-8(11)5-7(6-12-9)10(13)15-2/h5-6H,3-4H2,1-2H3. The molecule has 1 aromatic rings. The molecule has 0 atom stereocenters. The third-order valence-corrected chi connectivity index (χ3v) is 2.32. The van der Waals surface area contributed by atoms with Gasteiger partial charge in [0.2, 0.25) is 5.88 Å². The van der Waals surface area contributed by atoms with Crippen LogP contribution in [0.1, 0.15) is 10.4 Å². The number of pyridine rings is 1. The number of esters is 1. The van der Waals surface area contributed by atoms with E-state index in [0.717, 1.165) is 0 Å². The zero-order valence-electron chi connectivity index (χ0n) is 9.03. The van der Waals surface area contributed by atoms with E-state index in [9.17, 15) is 4.79 Å². The lowest BCUT2D eigenvalue weighted by Crippen LogP contribution is -2.07. The lowest BCUT2D eigenvalue weighted by atomic mass is 10.3. The number of carbonyl (C=O) groups excluding carboxylic acids is 1. The fourth-order valence-corrected chi connectivity index (χ4v) is 1.45. The molecular formula is C10H12BrNO4. The van der Waals surface area contributed by atoms with Crippen molar-refractivity contribution in [3.63, 3.8) is 0 Å². The first-order valence-electron chi connectivity index (χ1n) is 4.54. The second kappa shape index (κ2) is 6.44. The fourth-order valence-electron chi connectivity index (χ4n) is 0.983. The van der Waals surface area contributed by atoms with Gasteiger partial charge in [-0.3, -0.25) is 0 Å². The van der Waals surface area contributed by atoms with Crippen LogP contribution in [0.5, 0.6) is 5.88 Å². The molecule has 0 amide bonds. The molecule has 16 heavy (non-hydrogen) atoms. The summed E-state index contributed by atoms with van der Waals surface area (Å²) in [5.41, 5.74) is 0.369. The van der Waals surface area contributed by atoms with Crippen LogP contribution in [0.25, 0.3) is 0 Å². The van der Waals surface area contributed by atoms with Crippen LogP contribution in [0.4, 0.5) is 0 Å². The summed E-state index contributed by atoms with van der Waals surface area (Å²) in [6, 6.07) is 1.60. The minimum Gasteiger partial charge on any atom is -0.474 e. The van der Waals surface area contributed by atoms with Gasteiger partial charge in [-0.2, -0.15) is 0 Å². The Morgan fingerprint density at radius 3 is 2.75 bits per heavy atom. The van der Waals surface area contributed by atoms with E-state index < -0.39 is 5.97 Å². The quantitative estimate of drug-likeness (QED) is 0.609. The van der Waals surface area contributed by atoms with Crippen molar-refractivity contribution in [3.8, 4) is 5.88 Å². The van der Waals surface area contributed by atoms with Gasteiger partial charge >= 0.3 is 5.97 Å². The molecule has 0 saturated heterocycles. The molecule has 0 aliphatic rings. The zero-order chi connectivity index (χ0) is 12.0. The predicted molar refractivity (Wildman–Crippen MR) is 60.6 cm³/mol. The molecule has 1 heterocycles. The molecule has 0 aromatic carbocycles. The van der Waals surface area contributed by atoms with Crippen molar-refractivity contribution in [1.82, 2.24) is 4.98 Å². The maximum absolute atomic E-state index is 11.2. The molecule has 0 fully saturated rings. The summed E-state index contributed by atoms with van der Waals surface area (Å²) in [5, 5.41) is 0. The van der Waals surface area contributed by atoms with Crippen LogP contribution in [-0.2, 0) is 9.47 Å². The molecular weight excluding hydrogens is 278 g/mol. The Balaban J connectivity index is 2.71. The van der Waals surface area contributed by atoms with Crippen molar-refractivity contribution in [3.05, 3.63) is 22.3 Å². The average molecular weight is 290 g/mol. The van der Waals surface area contributed by atoms with Gasteiger partial charge in [0.1, 0.15) is 6.61 Å². The third kappa shape index (κ3) is 3.46. The van der Waals surface area contributed by atoms with Crippen LogP contribution in [0.3, 0.4) is 0 Å². The van der Waals surface area contributed by atoms with E-state index in [1.165, 1.54) is 13.3 Å². The Kier molecular flexibility index (Phi) is 5.21. The minimum atomic E-state index is -0.434. The first-order chi connectivity index (χ1) is 7.69. The number of methoxy groups -OCH3 is 2. The van der Waals surface area contributed by atoms with Crippen LogP contribution >= 0.6 is 15.9 Å². The summed E-state index contributed by atoms with van der Waals surface area (Å²) in [5.74, 6) is -0.0126. The third-order valence-electron chi connectivity index (χ3n) is 1.75. The molecule has 0 N–H and O–H groups in total. The number of hydrogen-bond acceptors (Lipinski definition) is 5. The molecule has 0 aliphatic carbocycles. The highest BCUT2D eigenvalue weighted by atomic mass is 79.9. The normalized spacial score (nSPS) is 9.94. The van der Waals surface area contributed by atoms with Gasteiger partial charge in [0.05, 0.1) is 23.8 Å². The summed E-state index contributed by atoms with van der Waals surface area (Å²) in [6.07, 6.45) is 1.40. The van der Waals surface area contributed by atoms with Gasteiger partial charge in [0.25, 0.3) is 0 Å². The Hall–Kier alpha value is -1.14. The Morgan fingerprint density at radius 2 is 2.19 bits per heavy atom. The maximum Gasteiger partial charge on any atom is 0.339 e. The summed E-state index contributed by atoms with van der Waals surface area (Å²) in [7, 11) is 2.91. The summed E-state index contributed by atoms with van der Waals surface area (Å²) < 4.78 is 15.3. The van der Waals surface area contributed by atoms with Gasteiger partial charge in [-0.15, -0.1) is 0 Å². The van der Waals surface area contributed by atoms with Crippen molar-refractivity contribution in [2.24, 2.45) is 0 Å². The smallest absolute Gasteiger partial charge is 0.339 e. The molecule has 6 heteroatoms. The van der Waals surface area contributed by atoms with E-state index in [-0.39, 0.29) is 0 Å². The highest BCUT2D eigenvalue weighted by Gasteiger charge is 2.10. The van der Waals surface area contributed by atoms with E-state index in [2.05, 4.69) is 25.7 Å². The topological polar surface area (TPSA) is 57.7 Å². The van der Waals surface area contributed by atoms with Crippen molar-refractivity contribution in [1.29, 1.82) is 0 Å². The lowest BCUT2D eigenvalue weighted by Gasteiger charge is -2.07. The van der Waals surface area contributed by atoms with E-state index in [0.29, 0.717) is 29.1 Å². The molecule has 1 rings (SSSR count). The monoisotopic (exact) mass is 289 g/mol. The van der Waals surface area contributed by atoms with Gasteiger partial charge in [-0.25, -0.2) is 9.78 Å². The molecule has 0 aliphatic heterocycles.